The lowest BCUT2D eigenvalue weighted by atomic mass is 9.67. The second kappa shape index (κ2) is 13.6. The molecule has 1 aliphatic heterocycles. The number of benzene rings is 8. The van der Waals surface area contributed by atoms with E-state index in [1.807, 2.05) is 27.8 Å². The van der Waals surface area contributed by atoms with Crippen LogP contribution in [0.4, 0.5) is 17.1 Å². The van der Waals surface area contributed by atoms with Crippen molar-refractivity contribution in [3.63, 3.8) is 0 Å². The molecule has 7 heteroatoms. The minimum Gasteiger partial charge on any atom is -0.509 e. The van der Waals surface area contributed by atoms with Crippen LogP contribution in [0.1, 0.15) is 47.2 Å². The maximum absolute atomic E-state index is 11.5. The van der Waals surface area contributed by atoms with E-state index >= 15 is 0 Å². The molecule has 4 nitrogen and oxygen atoms in total. The highest BCUT2D eigenvalue weighted by Crippen LogP contribution is 2.56. The maximum Gasteiger partial charge on any atom is 0.149 e. The first-order chi connectivity index (χ1) is 28.6. The van der Waals surface area contributed by atoms with Crippen molar-refractivity contribution in [2.75, 3.05) is 4.90 Å². The first kappa shape index (κ1) is 36.5. The molecule has 0 unspecified atom stereocenters. The molecule has 0 fully saturated rings. The average Bonchev–Trinajstić information content (AvgIpc) is 3.58. The van der Waals surface area contributed by atoms with Gasteiger partial charge in [0.1, 0.15) is 46.5 Å². The third-order valence-electron chi connectivity index (χ3n) is 12.9. The minimum absolute atomic E-state index is 0.0840. The Morgan fingerprint density at radius 1 is 0.458 bits per heavy atom. The van der Waals surface area contributed by atoms with E-state index in [1.54, 1.807) is 7.85 Å². The summed E-state index contributed by atoms with van der Waals surface area (Å²) >= 11 is 0. The fourth-order valence-electron chi connectivity index (χ4n) is 9.94. The molecule has 2 aliphatic rings. The summed E-state index contributed by atoms with van der Waals surface area (Å²) in [6.45, 7) is 4.52. The third kappa shape index (κ3) is 5.41. The van der Waals surface area contributed by atoms with Crippen molar-refractivity contribution in [1.29, 1.82) is 0 Å². The van der Waals surface area contributed by atoms with Crippen LogP contribution in [0, 0.1) is 0 Å². The monoisotopic (exact) mass is 761 g/mol. The van der Waals surface area contributed by atoms with E-state index in [0.29, 0.717) is 16.4 Å². The Hall–Kier alpha value is -6.85. The Balaban J connectivity index is 1.15. The van der Waals surface area contributed by atoms with Gasteiger partial charge in [-0.3, -0.25) is 0 Å². The number of phenolic OH excluding ortho intramolecular Hbond substituents is 2. The molecule has 0 saturated carbocycles. The molecule has 59 heavy (non-hydrogen) atoms. The maximum atomic E-state index is 11.5. The number of para-hydroxylation sites is 1. The van der Waals surface area contributed by atoms with Gasteiger partial charge in [0.05, 0.1) is 5.41 Å². The van der Waals surface area contributed by atoms with Crippen LogP contribution in [-0.2, 0) is 10.8 Å². The van der Waals surface area contributed by atoms with Gasteiger partial charge < -0.3 is 19.8 Å². The number of rotatable bonds is 6. The van der Waals surface area contributed by atoms with Crippen molar-refractivity contribution >= 4 is 57.0 Å². The van der Waals surface area contributed by atoms with Gasteiger partial charge in [0.25, 0.3) is 0 Å². The van der Waals surface area contributed by atoms with Crippen LogP contribution in [0.25, 0.3) is 22.3 Å². The van der Waals surface area contributed by atoms with Crippen LogP contribution >= 0.6 is 0 Å². The molecule has 282 valence electrons. The molecule has 0 atom stereocenters. The number of fused-ring (bicyclic) bond motifs is 5. The lowest BCUT2D eigenvalue weighted by Gasteiger charge is -2.36. The summed E-state index contributed by atoms with van der Waals surface area (Å²) in [5, 5.41) is 22.9. The fraction of sp³-hybridized carbons (Fsp3) is 0.0769. The number of phenols is 2. The molecule has 0 amide bonds. The predicted molar refractivity (Wildman–Crippen MR) is 250 cm³/mol. The summed E-state index contributed by atoms with van der Waals surface area (Å²) in [7, 11) is 5.62. The summed E-state index contributed by atoms with van der Waals surface area (Å²) in [5.74, 6) is 1.95. The van der Waals surface area contributed by atoms with Crippen LogP contribution in [0.2, 0.25) is 0 Å². The molecule has 8 aromatic carbocycles. The number of hydrogen-bond acceptors (Lipinski definition) is 4. The van der Waals surface area contributed by atoms with Crippen molar-refractivity contribution in [1.82, 2.24) is 0 Å². The number of ether oxygens (including phenoxy) is 1. The van der Waals surface area contributed by atoms with E-state index in [1.165, 1.54) is 33.4 Å². The lowest BCUT2D eigenvalue weighted by Crippen LogP contribution is -2.33. The quantitative estimate of drug-likeness (QED) is 0.170. The van der Waals surface area contributed by atoms with E-state index in [9.17, 15) is 10.2 Å². The summed E-state index contributed by atoms with van der Waals surface area (Å²) in [5.41, 5.74) is 15.3. The van der Waals surface area contributed by atoms with Gasteiger partial charge in [-0.2, -0.15) is 0 Å². The van der Waals surface area contributed by atoms with Crippen LogP contribution < -0.4 is 26.0 Å². The van der Waals surface area contributed by atoms with Crippen LogP contribution in [0.15, 0.2) is 170 Å². The van der Waals surface area contributed by atoms with Crippen molar-refractivity contribution in [2.24, 2.45) is 0 Å². The third-order valence-corrected chi connectivity index (χ3v) is 12.9. The van der Waals surface area contributed by atoms with Crippen molar-refractivity contribution in [3.8, 4) is 45.3 Å². The Labute approximate surface area is 348 Å². The summed E-state index contributed by atoms with van der Waals surface area (Å²) in [6.07, 6.45) is 0. The number of hydrogen-bond donors (Lipinski definition) is 2. The molecule has 10 rings (SSSR count). The Kier molecular flexibility index (Phi) is 8.43. The summed E-state index contributed by atoms with van der Waals surface area (Å²) in [4.78, 5) is 2.18. The normalized spacial score (nSPS) is 14.0. The summed E-state index contributed by atoms with van der Waals surface area (Å²) in [6, 6.07) is 60.4. The molecular weight excluding hydrogens is 719 g/mol. The van der Waals surface area contributed by atoms with Crippen LogP contribution in [0.5, 0.6) is 23.0 Å². The zero-order valence-corrected chi connectivity index (χ0v) is 33.9. The first-order valence-corrected chi connectivity index (χ1v) is 20.3. The number of nitrogens with zero attached hydrogens (tertiary/aromatic N) is 1. The molecular formula is C52H42B3NO3. The molecule has 0 radical (unpaired) electrons. The topological polar surface area (TPSA) is 52.9 Å². The SMILES string of the molecule is Bc1c(O)c(B)c(N(c2ccc(-c3ccc4c(c3)C(C)(C)c3ccccc3O4)cc2)c2cccc(C3(c4ccccc4)c4ccccc4-c4ccccc43)c2)c(B)c1O. The molecule has 8 aromatic rings. The molecule has 1 heterocycles. The first-order valence-electron chi connectivity index (χ1n) is 20.3. The lowest BCUT2D eigenvalue weighted by molar-refractivity contribution is 0.418. The molecule has 0 saturated heterocycles. The van der Waals surface area contributed by atoms with E-state index < -0.39 is 5.41 Å². The van der Waals surface area contributed by atoms with Crippen molar-refractivity contribution in [3.05, 3.63) is 203 Å². The van der Waals surface area contributed by atoms with E-state index in [4.69, 9.17) is 4.74 Å². The molecule has 1 aliphatic carbocycles. The molecule has 0 aromatic heterocycles. The van der Waals surface area contributed by atoms with Gasteiger partial charge in [-0.25, -0.2) is 0 Å². The second-order valence-corrected chi connectivity index (χ2v) is 16.5. The van der Waals surface area contributed by atoms with Gasteiger partial charge in [-0.05, 0) is 103 Å². The van der Waals surface area contributed by atoms with Crippen LogP contribution in [0.3, 0.4) is 0 Å². The van der Waals surface area contributed by atoms with Crippen molar-refractivity contribution < 1.29 is 14.9 Å². The zero-order valence-electron chi connectivity index (χ0n) is 33.9. The molecule has 2 N–H and O–H groups in total. The van der Waals surface area contributed by atoms with Crippen molar-refractivity contribution in [2.45, 2.75) is 24.7 Å². The number of aromatic hydroxyl groups is 2. The van der Waals surface area contributed by atoms with Gasteiger partial charge in [-0.1, -0.05) is 141 Å². The Morgan fingerprint density at radius 3 is 1.66 bits per heavy atom. The van der Waals surface area contributed by atoms with Gasteiger partial charge >= 0.3 is 0 Å². The highest BCUT2D eigenvalue weighted by molar-refractivity contribution is 6.52. The fourth-order valence-corrected chi connectivity index (χ4v) is 9.94. The second-order valence-electron chi connectivity index (χ2n) is 16.5. The van der Waals surface area contributed by atoms with E-state index in [-0.39, 0.29) is 16.9 Å². The van der Waals surface area contributed by atoms with E-state index in [2.05, 4.69) is 176 Å². The predicted octanol–water partition coefficient (Wildman–Crippen LogP) is 7.80. The van der Waals surface area contributed by atoms with Crippen LogP contribution in [-0.4, -0.2) is 33.8 Å². The average molecular weight is 761 g/mol. The smallest absolute Gasteiger partial charge is 0.149 e. The molecule has 0 bridgehead atoms. The minimum atomic E-state index is -0.591. The summed E-state index contributed by atoms with van der Waals surface area (Å²) < 4.78 is 6.38. The van der Waals surface area contributed by atoms with Gasteiger partial charge in [-0.15, -0.1) is 0 Å². The zero-order chi connectivity index (χ0) is 40.6. The Bertz CT molecular complexity index is 2890. The highest BCUT2D eigenvalue weighted by Gasteiger charge is 2.46. The largest absolute Gasteiger partial charge is 0.509 e. The number of anilines is 3. The molecule has 0 spiro atoms. The van der Waals surface area contributed by atoms with Gasteiger partial charge in [0.15, 0.2) is 0 Å². The van der Waals surface area contributed by atoms with Gasteiger partial charge in [0, 0.05) is 33.6 Å². The van der Waals surface area contributed by atoms with Gasteiger partial charge in [0.2, 0.25) is 0 Å². The Morgan fingerprint density at radius 2 is 1.00 bits per heavy atom. The highest BCUT2D eigenvalue weighted by atomic mass is 16.5. The van der Waals surface area contributed by atoms with E-state index in [0.717, 1.165) is 50.8 Å². The standard InChI is InChI=1S/C52H42B3NO3/c1-51(2)41-21-10-11-22-43(41)59-44-28-25-32(29-42(44)51)31-23-26-35(27-24-31)56(48-45(53)49(57)47(55)50(58)46(48)54)36-16-12-15-34(30-36)52(33-13-4-3-5-14-33)39-19-8-6-17-37(39)38-18-7-9-20-40(38)52/h3-30,57-58H,53-55H2,1-2H3.